The average molecular weight is 310 g/mol. The first-order chi connectivity index (χ1) is 8.96. The van der Waals surface area contributed by atoms with Gasteiger partial charge in [0.25, 0.3) is 5.91 Å². The van der Waals surface area contributed by atoms with Crippen molar-refractivity contribution in [3.63, 3.8) is 0 Å². The maximum atomic E-state index is 12.6. The molecule has 0 aliphatic rings. The number of amides is 2. The van der Waals surface area contributed by atoms with Crippen LogP contribution in [0, 0.1) is 0 Å². The van der Waals surface area contributed by atoms with E-state index in [4.69, 9.17) is 23.1 Å². The normalized spacial score (nSPS) is 14.5. The van der Waals surface area contributed by atoms with Gasteiger partial charge in [0.2, 0.25) is 5.91 Å². The Balaban J connectivity index is 2.98. The molecule has 1 atom stereocenters. The van der Waals surface area contributed by atoms with Gasteiger partial charge in [-0.05, 0) is 25.1 Å². The molecule has 0 fully saturated rings. The number of benzene rings is 1. The molecule has 0 saturated heterocycles. The standard InChI is InChI=1S/C11H11ClF3N3O2/c1-10(17,11(13,14)15)9(20)18-5-2-3-6(8(16)19)7(12)4-5/h2-4H,17H2,1H3,(H2,16,19)(H,18,20). The molecule has 0 bridgehead atoms. The summed E-state index contributed by atoms with van der Waals surface area (Å²) in [6.45, 7) is 0.543. The highest BCUT2D eigenvalue weighted by molar-refractivity contribution is 6.34. The second-order valence-corrected chi connectivity index (χ2v) is 4.62. The summed E-state index contributed by atoms with van der Waals surface area (Å²) >= 11 is 5.71. The molecule has 0 saturated carbocycles. The Labute approximate surface area is 117 Å². The van der Waals surface area contributed by atoms with Gasteiger partial charge in [0.1, 0.15) is 0 Å². The number of rotatable bonds is 3. The molecular formula is C11H11ClF3N3O2. The van der Waals surface area contributed by atoms with Crippen molar-refractivity contribution in [2.45, 2.75) is 18.6 Å². The van der Waals surface area contributed by atoms with Crippen molar-refractivity contribution < 1.29 is 22.8 Å². The Morgan fingerprint density at radius 3 is 2.25 bits per heavy atom. The molecule has 1 rings (SSSR count). The lowest BCUT2D eigenvalue weighted by molar-refractivity contribution is -0.184. The van der Waals surface area contributed by atoms with Crippen LogP contribution >= 0.6 is 11.6 Å². The molecule has 1 unspecified atom stereocenters. The van der Waals surface area contributed by atoms with Crippen LogP contribution in [0.15, 0.2) is 18.2 Å². The largest absolute Gasteiger partial charge is 0.415 e. The van der Waals surface area contributed by atoms with Gasteiger partial charge in [-0.3, -0.25) is 9.59 Å². The molecular weight excluding hydrogens is 299 g/mol. The molecule has 9 heteroatoms. The zero-order valence-electron chi connectivity index (χ0n) is 10.2. The van der Waals surface area contributed by atoms with E-state index in [2.05, 4.69) is 0 Å². The number of alkyl halides is 3. The second-order valence-electron chi connectivity index (χ2n) is 4.21. The molecule has 20 heavy (non-hydrogen) atoms. The summed E-state index contributed by atoms with van der Waals surface area (Å²) < 4.78 is 37.7. The Kier molecular flexibility index (Phi) is 4.30. The first kappa shape index (κ1) is 16.3. The number of nitrogens with one attached hydrogen (secondary N) is 1. The molecule has 0 spiro atoms. The molecule has 110 valence electrons. The summed E-state index contributed by atoms with van der Waals surface area (Å²) in [6, 6.07) is 3.48. The van der Waals surface area contributed by atoms with E-state index in [1.54, 1.807) is 0 Å². The van der Waals surface area contributed by atoms with E-state index in [1.165, 1.54) is 12.1 Å². The lowest BCUT2D eigenvalue weighted by atomic mass is 10.0. The van der Waals surface area contributed by atoms with Crippen molar-refractivity contribution in [1.29, 1.82) is 0 Å². The molecule has 2 amide bonds. The van der Waals surface area contributed by atoms with Gasteiger partial charge in [-0.2, -0.15) is 13.2 Å². The second kappa shape index (κ2) is 5.29. The highest BCUT2D eigenvalue weighted by atomic mass is 35.5. The van der Waals surface area contributed by atoms with Crippen LogP contribution in [0.2, 0.25) is 5.02 Å². The van der Waals surface area contributed by atoms with Crippen LogP contribution < -0.4 is 16.8 Å². The Bertz CT molecular complexity index is 558. The fraction of sp³-hybridized carbons (Fsp3) is 0.273. The zero-order valence-corrected chi connectivity index (χ0v) is 11.0. The Morgan fingerprint density at radius 1 is 1.30 bits per heavy atom. The van der Waals surface area contributed by atoms with Crippen LogP contribution in [0.3, 0.4) is 0 Å². The van der Waals surface area contributed by atoms with E-state index in [1.807, 2.05) is 5.32 Å². The van der Waals surface area contributed by atoms with E-state index in [-0.39, 0.29) is 16.3 Å². The number of halogens is 4. The topological polar surface area (TPSA) is 98.2 Å². The zero-order chi connectivity index (χ0) is 15.7. The van der Waals surface area contributed by atoms with Crippen LogP contribution in [0.5, 0.6) is 0 Å². The van der Waals surface area contributed by atoms with Crippen LogP contribution in [-0.2, 0) is 4.79 Å². The van der Waals surface area contributed by atoms with Crippen LogP contribution in [0.1, 0.15) is 17.3 Å². The van der Waals surface area contributed by atoms with Gasteiger partial charge in [-0.15, -0.1) is 0 Å². The molecule has 0 radical (unpaired) electrons. The van der Waals surface area contributed by atoms with Crippen LogP contribution in [0.25, 0.3) is 0 Å². The van der Waals surface area contributed by atoms with Gasteiger partial charge in [0, 0.05) is 5.69 Å². The quantitative estimate of drug-likeness (QED) is 0.792. The first-order valence-corrected chi connectivity index (χ1v) is 5.61. The molecule has 5 nitrogen and oxygen atoms in total. The molecule has 0 aliphatic heterocycles. The van der Waals surface area contributed by atoms with Crippen molar-refractivity contribution in [3.05, 3.63) is 28.8 Å². The van der Waals surface area contributed by atoms with E-state index in [0.29, 0.717) is 6.92 Å². The monoisotopic (exact) mass is 309 g/mol. The Morgan fingerprint density at radius 2 is 1.85 bits per heavy atom. The first-order valence-electron chi connectivity index (χ1n) is 5.23. The maximum absolute atomic E-state index is 12.6. The van der Waals surface area contributed by atoms with Gasteiger partial charge in [-0.25, -0.2) is 0 Å². The lowest BCUT2D eigenvalue weighted by Gasteiger charge is -2.26. The third-order valence-corrected chi connectivity index (χ3v) is 2.87. The molecule has 0 aromatic heterocycles. The predicted octanol–water partition coefficient (Wildman–Crippen LogP) is 1.66. The number of hydrogen-bond acceptors (Lipinski definition) is 3. The molecule has 0 heterocycles. The van der Waals surface area contributed by atoms with E-state index in [9.17, 15) is 22.8 Å². The van der Waals surface area contributed by atoms with Crippen molar-refractivity contribution in [2.24, 2.45) is 11.5 Å². The fourth-order valence-electron chi connectivity index (χ4n) is 1.18. The molecule has 1 aromatic rings. The van der Waals surface area contributed by atoms with E-state index < -0.39 is 23.5 Å². The Hall–Kier alpha value is -1.80. The van der Waals surface area contributed by atoms with E-state index >= 15 is 0 Å². The number of hydrogen-bond donors (Lipinski definition) is 3. The lowest BCUT2D eigenvalue weighted by Crippen LogP contribution is -2.59. The summed E-state index contributed by atoms with van der Waals surface area (Å²) in [7, 11) is 0. The predicted molar refractivity (Wildman–Crippen MR) is 67.2 cm³/mol. The van der Waals surface area contributed by atoms with Crippen molar-refractivity contribution in [3.8, 4) is 0 Å². The summed E-state index contributed by atoms with van der Waals surface area (Å²) in [6.07, 6.45) is -4.91. The maximum Gasteiger partial charge on any atom is 0.415 e. The number of primary amides is 1. The van der Waals surface area contributed by atoms with Gasteiger partial charge in [0.15, 0.2) is 5.54 Å². The molecule has 5 N–H and O–H groups in total. The van der Waals surface area contributed by atoms with Crippen LogP contribution in [0.4, 0.5) is 18.9 Å². The van der Waals surface area contributed by atoms with Gasteiger partial charge in [-0.1, -0.05) is 11.6 Å². The minimum absolute atomic E-state index is 0.0176. The minimum Gasteiger partial charge on any atom is -0.366 e. The molecule has 0 aliphatic carbocycles. The summed E-state index contributed by atoms with van der Waals surface area (Å²) in [5.41, 5.74) is 6.86. The minimum atomic E-state index is -4.91. The van der Waals surface area contributed by atoms with Gasteiger partial charge in [0.05, 0.1) is 10.6 Å². The number of anilines is 1. The van der Waals surface area contributed by atoms with Gasteiger partial charge < -0.3 is 16.8 Å². The summed E-state index contributed by atoms with van der Waals surface area (Å²) in [5.74, 6) is -2.25. The van der Waals surface area contributed by atoms with Crippen molar-refractivity contribution in [2.75, 3.05) is 5.32 Å². The van der Waals surface area contributed by atoms with Crippen molar-refractivity contribution in [1.82, 2.24) is 0 Å². The number of nitrogens with two attached hydrogens (primary N) is 2. The highest BCUT2D eigenvalue weighted by Crippen LogP contribution is 2.29. The highest BCUT2D eigenvalue weighted by Gasteiger charge is 2.53. The third kappa shape index (κ3) is 3.20. The van der Waals surface area contributed by atoms with E-state index in [0.717, 1.165) is 6.07 Å². The molecule has 1 aromatic carbocycles. The fourth-order valence-corrected chi connectivity index (χ4v) is 1.46. The van der Waals surface area contributed by atoms with Gasteiger partial charge >= 0.3 is 6.18 Å². The SMILES string of the molecule is CC(N)(C(=O)Nc1ccc(C(N)=O)c(Cl)c1)C(F)(F)F. The number of carbonyl (C=O) groups is 2. The third-order valence-electron chi connectivity index (χ3n) is 2.55. The van der Waals surface area contributed by atoms with Crippen LogP contribution in [-0.4, -0.2) is 23.5 Å². The number of carbonyl (C=O) groups excluding carboxylic acids is 2. The summed E-state index contributed by atoms with van der Waals surface area (Å²) in [5, 5.41) is 1.88. The smallest absolute Gasteiger partial charge is 0.366 e. The summed E-state index contributed by atoms with van der Waals surface area (Å²) in [4.78, 5) is 22.4. The van der Waals surface area contributed by atoms with Crippen molar-refractivity contribution >= 4 is 29.1 Å². The average Bonchev–Trinajstić information content (AvgIpc) is 2.26.